The van der Waals surface area contributed by atoms with Crippen LogP contribution in [-0.4, -0.2) is 29.0 Å². The van der Waals surface area contributed by atoms with E-state index in [4.69, 9.17) is 9.84 Å². The van der Waals surface area contributed by atoms with Gasteiger partial charge in [-0.2, -0.15) is 0 Å². The lowest BCUT2D eigenvalue weighted by atomic mass is 10.0. The highest BCUT2D eigenvalue weighted by molar-refractivity contribution is 14.1. The van der Waals surface area contributed by atoms with E-state index < -0.39 is 29.9 Å². The molecule has 2 N–H and O–H groups in total. The molecule has 1 aliphatic heterocycles. The number of aliphatic hydroxyl groups excluding tert-OH is 2. The highest BCUT2D eigenvalue weighted by Gasteiger charge is 2.35. The standard InChI is InChI=1S/C13H13F2IO3/c14-9-4-10(15)8(3-7(9)1-2-16)12-5-11(18)13(6-17)19-12/h1-4,11-13,17-18H,5-6H2/b2-1+/t11-,12+,13+/m0/s1. The van der Waals surface area contributed by atoms with Crippen LogP contribution in [0.15, 0.2) is 16.2 Å². The summed E-state index contributed by atoms with van der Waals surface area (Å²) in [4.78, 5) is 0. The van der Waals surface area contributed by atoms with Crippen LogP contribution in [0, 0.1) is 11.6 Å². The molecule has 104 valence electrons. The van der Waals surface area contributed by atoms with E-state index in [1.807, 2.05) is 22.6 Å². The van der Waals surface area contributed by atoms with Gasteiger partial charge in [-0.05, 0) is 16.2 Å². The molecule has 3 nitrogen and oxygen atoms in total. The molecule has 19 heavy (non-hydrogen) atoms. The van der Waals surface area contributed by atoms with Crippen LogP contribution in [-0.2, 0) is 4.74 Å². The Kier molecular flexibility index (Phi) is 4.88. The third-order valence-corrected chi connectivity index (χ3v) is 3.47. The Morgan fingerprint density at radius 1 is 1.37 bits per heavy atom. The van der Waals surface area contributed by atoms with Crippen molar-refractivity contribution in [2.75, 3.05) is 6.61 Å². The van der Waals surface area contributed by atoms with Crippen molar-refractivity contribution in [2.45, 2.75) is 24.7 Å². The van der Waals surface area contributed by atoms with Crippen molar-refractivity contribution in [3.8, 4) is 0 Å². The second-order valence-corrected chi connectivity index (χ2v) is 5.06. The molecule has 0 saturated carbocycles. The average Bonchev–Trinajstić information content (AvgIpc) is 2.74. The highest BCUT2D eigenvalue weighted by atomic mass is 127. The molecule has 0 amide bonds. The van der Waals surface area contributed by atoms with Crippen LogP contribution in [0.4, 0.5) is 8.78 Å². The Morgan fingerprint density at radius 2 is 2.11 bits per heavy atom. The van der Waals surface area contributed by atoms with Crippen molar-refractivity contribution in [1.29, 1.82) is 0 Å². The molecule has 6 heteroatoms. The quantitative estimate of drug-likeness (QED) is 0.791. The molecule has 1 aliphatic rings. The van der Waals surface area contributed by atoms with Crippen molar-refractivity contribution in [2.24, 2.45) is 0 Å². The third kappa shape index (κ3) is 3.13. The van der Waals surface area contributed by atoms with Gasteiger partial charge in [0.15, 0.2) is 0 Å². The molecule has 1 saturated heterocycles. The van der Waals surface area contributed by atoms with Crippen molar-refractivity contribution >= 4 is 28.7 Å². The van der Waals surface area contributed by atoms with Gasteiger partial charge in [-0.15, -0.1) is 0 Å². The van der Waals surface area contributed by atoms with E-state index >= 15 is 0 Å². The minimum Gasteiger partial charge on any atom is -0.394 e. The second-order valence-electron chi connectivity index (χ2n) is 4.34. The molecule has 2 rings (SSSR count). The first kappa shape index (κ1) is 14.8. The van der Waals surface area contributed by atoms with Gasteiger partial charge in [-0.3, -0.25) is 0 Å². The topological polar surface area (TPSA) is 49.7 Å². The molecule has 0 bridgehead atoms. The number of hydrogen-bond acceptors (Lipinski definition) is 3. The molecule has 0 radical (unpaired) electrons. The highest BCUT2D eigenvalue weighted by Crippen LogP contribution is 2.35. The van der Waals surface area contributed by atoms with Gasteiger partial charge in [0.05, 0.1) is 18.8 Å². The lowest BCUT2D eigenvalue weighted by Crippen LogP contribution is -2.24. The fraction of sp³-hybridized carbons (Fsp3) is 0.385. The molecule has 1 fully saturated rings. The van der Waals surface area contributed by atoms with Crippen molar-refractivity contribution in [3.63, 3.8) is 0 Å². The van der Waals surface area contributed by atoms with Crippen molar-refractivity contribution < 1.29 is 23.7 Å². The van der Waals surface area contributed by atoms with E-state index in [1.165, 1.54) is 12.1 Å². The Bertz CT molecular complexity index is 493. The van der Waals surface area contributed by atoms with E-state index in [2.05, 4.69) is 0 Å². The molecule has 1 aromatic rings. The summed E-state index contributed by atoms with van der Waals surface area (Å²) < 4.78 is 34.3. The monoisotopic (exact) mass is 382 g/mol. The van der Waals surface area contributed by atoms with Crippen LogP contribution < -0.4 is 0 Å². The van der Waals surface area contributed by atoms with Crippen LogP contribution in [0.3, 0.4) is 0 Å². The van der Waals surface area contributed by atoms with Gasteiger partial charge in [0.1, 0.15) is 17.7 Å². The van der Waals surface area contributed by atoms with Crippen LogP contribution in [0.25, 0.3) is 6.08 Å². The SMILES string of the molecule is OC[C@H]1O[C@@H](c2cc(/C=C/I)c(F)cc2F)C[C@@H]1O. The number of hydrogen-bond donors (Lipinski definition) is 2. The van der Waals surface area contributed by atoms with Gasteiger partial charge in [-0.25, -0.2) is 8.78 Å². The van der Waals surface area contributed by atoms with E-state index in [0.717, 1.165) is 6.07 Å². The Balaban J connectivity index is 2.32. The van der Waals surface area contributed by atoms with Gasteiger partial charge >= 0.3 is 0 Å². The number of aliphatic hydroxyl groups is 2. The van der Waals surface area contributed by atoms with Gasteiger partial charge < -0.3 is 14.9 Å². The number of rotatable bonds is 3. The fourth-order valence-corrected chi connectivity index (χ4v) is 2.51. The summed E-state index contributed by atoms with van der Waals surface area (Å²) in [6, 6.07) is 2.18. The summed E-state index contributed by atoms with van der Waals surface area (Å²) in [6.45, 7) is -0.332. The number of halogens is 3. The summed E-state index contributed by atoms with van der Waals surface area (Å²) in [5, 5.41) is 18.6. The van der Waals surface area contributed by atoms with Crippen LogP contribution in [0.5, 0.6) is 0 Å². The van der Waals surface area contributed by atoms with Crippen molar-refractivity contribution in [3.05, 3.63) is 39.0 Å². The Labute approximate surface area is 123 Å². The predicted molar refractivity (Wildman–Crippen MR) is 74.7 cm³/mol. The zero-order valence-corrected chi connectivity index (χ0v) is 12.0. The average molecular weight is 382 g/mol. The molecule has 0 spiro atoms. The van der Waals surface area contributed by atoms with E-state index in [0.29, 0.717) is 0 Å². The third-order valence-electron chi connectivity index (χ3n) is 3.11. The summed E-state index contributed by atoms with van der Waals surface area (Å²) in [7, 11) is 0. The van der Waals surface area contributed by atoms with E-state index in [9.17, 15) is 13.9 Å². The molecule has 1 aromatic carbocycles. The van der Waals surface area contributed by atoms with Crippen molar-refractivity contribution in [1.82, 2.24) is 0 Å². The first-order valence-electron chi connectivity index (χ1n) is 5.77. The lowest BCUT2D eigenvalue weighted by Gasteiger charge is -2.14. The molecule has 0 aromatic heterocycles. The maximum Gasteiger partial charge on any atom is 0.133 e. The van der Waals surface area contributed by atoms with Gasteiger partial charge in [0.2, 0.25) is 0 Å². The number of benzene rings is 1. The van der Waals surface area contributed by atoms with E-state index in [-0.39, 0.29) is 24.2 Å². The molecule has 3 atom stereocenters. The summed E-state index contributed by atoms with van der Waals surface area (Å²) in [6.07, 6.45) is -0.537. The maximum absolute atomic E-state index is 13.8. The van der Waals surface area contributed by atoms with Crippen LogP contribution >= 0.6 is 22.6 Å². The molecular weight excluding hydrogens is 369 g/mol. The molecule has 1 heterocycles. The van der Waals surface area contributed by atoms with Crippen LogP contribution in [0.1, 0.15) is 23.7 Å². The second kappa shape index (κ2) is 6.25. The maximum atomic E-state index is 13.8. The summed E-state index contributed by atoms with van der Waals surface area (Å²) in [5.74, 6) is -1.36. The first-order valence-corrected chi connectivity index (χ1v) is 7.01. The predicted octanol–water partition coefficient (Wildman–Crippen LogP) is 2.55. The Hall–Kier alpha value is -0.570. The number of ether oxygens (including phenoxy) is 1. The minimum absolute atomic E-state index is 0.182. The lowest BCUT2D eigenvalue weighted by molar-refractivity contribution is -0.0233. The van der Waals surface area contributed by atoms with E-state index in [1.54, 1.807) is 4.08 Å². The molecular formula is C13H13F2IO3. The normalized spacial score (nSPS) is 27.3. The molecule has 0 unspecified atom stereocenters. The fourth-order valence-electron chi connectivity index (χ4n) is 2.12. The molecule has 0 aliphatic carbocycles. The zero-order valence-electron chi connectivity index (χ0n) is 9.89. The minimum atomic E-state index is -0.844. The zero-order chi connectivity index (χ0) is 14.0. The van der Waals surface area contributed by atoms with Gasteiger partial charge in [-0.1, -0.05) is 22.6 Å². The Morgan fingerprint density at radius 3 is 2.68 bits per heavy atom. The first-order chi connectivity index (χ1) is 9.06. The van der Waals surface area contributed by atoms with Crippen LogP contribution in [0.2, 0.25) is 0 Å². The largest absolute Gasteiger partial charge is 0.394 e. The van der Waals surface area contributed by atoms with Gasteiger partial charge in [0.25, 0.3) is 0 Å². The smallest absolute Gasteiger partial charge is 0.133 e. The summed E-state index contributed by atoms with van der Waals surface area (Å²) >= 11 is 1.94. The van der Waals surface area contributed by atoms with Gasteiger partial charge in [0, 0.05) is 23.6 Å². The summed E-state index contributed by atoms with van der Waals surface area (Å²) in [5.41, 5.74) is 0.456.